The van der Waals surface area contributed by atoms with Crippen LogP contribution < -0.4 is 16.0 Å². The van der Waals surface area contributed by atoms with E-state index in [-0.39, 0.29) is 17.7 Å². The molecule has 48 heavy (non-hydrogen) atoms. The third-order valence-electron chi connectivity index (χ3n) is 9.63. The number of carbonyl (C=O) groups excluding carboxylic acids is 3. The zero-order chi connectivity index (χ0) is 35.9. The summed E-state index contributed by atoms with van der Waals surface area (Å²) in [5.74, 6) is 3.40. The van der Waals surface area contributed by atoms with E-state index in [1.54, 1.807) is 18.2 Å². The summed E-state index contributed by atoms with van der Waals surface area (Å²) in [7, 11) is 0. The first-order valence-corrected chi connectivity index (χ1v) is 19.8. The minimum atomic E-state index is -0.239. The molecule has 276 valence electrons. The van der Waals surface area contributed by atoms with Crippen molar-refractivity contribution in [3.05, 3.63) is 34.9 Å². The summed E-state index contributed by atoms with van der Waals surface area (Å²) in [5, 5.41) is 9.11. The molecule has 0 aliphatic carbocycles. The van der Waals surface area contributed by atoms with Crippen LogP contribution in [0.25, 0.3) is 0 Å². The highest BCUT2D eigenvalue weighted by molar-refractivity contribution is 6.04. The minimum absolute atomic E-state index is 0.239. The predicted octanol–water partition coefficient (Wildman–Crippen LogP) is 10.6. The van der Waals surface area contributed by atoms with Crippen molar-refractivity contribution in [2.45, 2.75) is 159 Å². The van der Waals surface area contributed by atoms with Gasteiger partial charge in [-0.15, -0.1) is 0 Å². The molecular weight excluding hydrogens is 594 g/mol. The lowest BCUT2D eigenvalue weighted by molar-refractivity contribution is 0.0951. The number of benzene rings is 1. The van der Waals surface area contributed by atoms with Crippen LogP contribution in [0.5, 0.6) is 0 Å². The third-order valence-corrected chi connectivity index (χ3v) is 9.63. The molecule has 0 heterocycles. The molecule has 0 aliphatic heterocycles. The summed E-state index contributed by atoms with van der Waals surface area (Å²) in [4.78, 5) is 39.7. The van der Waals surface area contributed by atoms with Crippen molar-refractivity contribution >= 4 is 17.7 Å². The second kappa shape index (κ2) is 25.6. The molecule has 0 saturated heterocycles. The van der Waals surface area contributed by atoms with E-state index < -0.39 is 0 Å². The van der Waals surface area contributed by atoms with Gasteiger partial charge in [-0.2, -0.15) is 0 Å². The fourth-order valence-corrected chi connectivity index (χ4v) is 6.34. The van der Waals surface area contributed by atoms with Crippen LogP contribution in [-0.2, 0) is 0 Å². The average molecular weight is 670 g/mol. The van der Waals surface area contributed by atoms with Crippen LogP contribution in [0.15, 0.2) is 18.2 Å². The molecule has 1 aromatic carbocycles. The summed E-state index contributed by atoms with van der Waals surface area (Å²) in [6.07, 6.45) is 17.1. The number of nitrogens with one attached hydrogen (secondary N) is 3. The van der Waals surface area contributed by atoms with Gasteiger partial charge in [0.05, 0.1) is 0 Å². The van der Waals surface area contributed by atoms with Crippen molar-refractivity contribution in [1.82, 2.24) is 16.0 Å². The Balaban J connectivity index is 2.78. The van der Waals surface area contributed by atoms with Gasteiger partial charge in [0.2, 0.25) is 0 Å². The van der Waals surface area contributed by atoms with Crippen molar-refractivity contribution in [2.24, 2.45) is 35.5 Å². The molecule has 3 amide bonds. The molecule has 1 rings (SSSR count). The molecule has 0 bridgehead atoms. The Morgan fingerprint density at radius 2 is 0.625 bits per heavy atom. The van der Waals surface area contributed by atoms with E-state index in [0.29, 0.717) is 54.1 Å². The number of rotatable bonds is 27. The molecule has 6 nitrogen and oxygen atoms in total. The van der Waals surface area contributed by atoms with Crippen molar-refractivity contribution in [3.63, 3.8) is 0 Å². The van der Waals surface area contributed by atoms with Crippen LogP contribution in [0.4, 0.5) is 0 Å². The Labute approximate surface area is 296 Å². The SMILES string of the molecule is CC(C)CCC[C@H](C)CCCNC(=O)c1cc(C(=O)NCCC[C@@H](C)CCCC(C)C)cc(C(=O)NCCC[C@@H](C)CCCC(C)C)c1. The maximum Gasteiger partial charge on any atom is 0.251 e. The largest absolute Gasteiger partial charge is 0.352 e. The fraction of sp³-hybridized carbons (Fsp3) is 0.786. The molecule has 0 saturated carbocycles. The minimum Gasteiger partial charge on any atom is -0.352 e. The summed E-state index contributed by atoms with van der Waals surface area (Å²) in [6, 6.07) is 4.89. The second-order valence-electron chi connectivity index (χ2n) is 16.3. The molecule has 0 aromatic heterocycles. The molecule has 0 aliphatic rings. The quantitative estimate of drug-likeness (QED) is 0.0815. The maximum atomic E-state index is 13.2. The first kappa shape index (κ1) is 43.7. The lowest BCUT2D eigenvalue weighted by atomic mass is 9.96. The predicted molar refractivity (Wildman–Crippen MR) is 205 cm³/mol. The van der Waals surface area contributed by atoms with E-state index in [4.69, 9.17) is 0 Å². The van der Waals surface area contributed by atoms with Gasteiger partial charge in [-0.25, -0.2) is 0 Å². The molecule has 0 unspecified atom stereocenters. The smallest absolute Gasteiger partial charge is 0.251 e. The standard InChI is InChI=1S/C42H75N3O3/c1-31(2)16-10-19-34(7)22-13-25-43-40(46)37-28-38(41(47)44-26-14-23-35(8)20-11-17-32(3)4)30-39(29-37)42(48)45-27-15-24-36(9)21-12-18-33(5)6/h28-36H,10-27H2,1-9H3,(H,43,46)(H,44,47)(H,45,48)/t34-,35-,36-/m0/s1. The Morgan fingerprint density at radius 1 is 0.396 bits per heavy atom. The summed E-state index contributed by atoms with van der Waals surface area (Å²) in [5.41, 5.74) is 1.07. The molecular formula is C42H75N3O3. The third kappa shape index (κ3) is 21.6. The lowest BCUT2D eigenvalue weighted by Gasteiger charge is -2.14. The van der Waals surface area contributed by atoms with Crippen molar-refractivity contribution in [3.8, 4) is 0 Å². The van der Waals surface area contributed by atoms with E-state index >= 15 is 0 Å². The first-order chi connectivity index (χ1) is 22.8. The molecule has 0 fully saturated rings. The van der Waals surface area contributed by atoms with Gasteiger partial charge in [0.15, 0.2) is 0 Å². The van der Waals surface area contributed by atoms with Gasteiger partial charge in [0.25, 0.3) is 17.7 Å². The number of amides is 3. The Hall–Kier alpha value is -2.37. The second-order valence-corrected chi connectivity index (χ2v) is 16.3. The van der Waals surface area contributed by atoms with Crippen LogP contribution in [0.3, 0.4) is 0 Å². The molecule has 3 N–H and O–H groups in total. The molecule has 1 aromatic rings. The van der Waals surface area contributed by atoms with Gasteiger partial charge >= 0.3 is 0 Å². The van der Waals surface area contributed by atoms with E-state index in [1.165, 1.54) is 57.8 Å². The highest BCUT2D eigenvalue weighted by atomic mass is 16.2. The number of hydrogen-bond acceptors (Lipinski definition) is 3. The van der Waals surface area contributed by atoms with Crippen LogP contribution in [0.1, 0.15) is 190 Å². The Bertz CT molecular complexity index is 894. The molecule has 0 radical (unpaired) electrons. The van der Waals surface area contributed by atoms with Crippen LogP contribution in [0.2, 0.25) is 0 Å². The lowest BCUT2D eigenvalue weighted by Crippen LogP contribution is -2.29. The summed E-state index contributed by atoms with van der Waals surface area (Å²) >= 11 is 0. The van der Waals surface area contributed by atoms with Gasteiger partial charge in [-0.1, -0.05) is 120 Å². The van der Waals surface area contributed by atoms with Gasteiger partial charge in [-0.3, -0.25) is 14.4 Å². The topological polar surface area (TPSA) is 87.3 Å². The summed E-state index contributed by atoms with van der Waals surface area (Å²) < 4.78 is 0. The highest BCUT2D eigenvalue weighted by Crippen LogP contribution is 2.19. The average Bonchev–Trinajstić information content (AvgIpc) is 3.02. The number of hydrogen-bond donors (Lipinski definition) is 3. The van der Waals surface area contributed by atoms with E-state index in [9.17, 15) is 14.4 Å². The molecule has 6 heteroatoms. The highest BCUT2D eigenvalue weighted by Gasteiger charge is 2.17. The monoisotopic (exact) mass is 670 g/mol. The van der Waals surface area contributed by atoms with Crippen molar-refractivity contribution in [2.75, 3.05) is 19.6 Å². The van der Waals surface area contributed by atoms with E-state index in [0.717, 1.165) is 56.3 Å². The first-order valence-electron chi connectivity index (χ1n) is 19.8. The van der Waals surface area contributed by atoms with Crippen LogP contribution >= 0.6 is 0 Å². The molecule has 3 atom stereocenters. The fourth-order valence-electron chi connectivity index (χ4n) is 6.34. The van der Waals surface area contributed by atoms with E-state index in [1.807, 2.05) is 0 Å². The van der Waals surface area contributed by atoms with Gasteiger partial charge < -0.3 is 16.0 Å². The summed E-state index contributed by atoms with van der Waals surface area (Å²) in [6.45, 7) is 22.2. The van der Waals surface area contributed by atoms with Gasteiger partial charge in [0, 0.05) is 36.3 Å². The maximum absolute atomic E-state index is 13.2. The van der Waals surface area contributed by atoms with Crippen LogP contribution in [-0.4, -0.2) is 37.4 Å². The molecule has 0 spiro atoms. The van der Waals surface area contributed by atoms with Crippen molar-refractivity contribution in [1.29, 1.82) is 0 Å². The van der Waals surface area contributed by atoms with Gasteiger partial charge in [-0.05, 0) is 92.2 Å². The Morgan fingerprint density at radius 3 is 0.854 bits per heavy atom. The normalized spacial score (nSPS) is 13.5. The van der Waals surface area contributed by atoms with E-state index in [2.05, 4.69) is 78.3 Å². The Kier molecular flexibility index (Phi) is 23.3. The number of carbonyl (C=O) groups is 3. The zero-order valence-corrected chi connectivity index (χ0v) is 32.6. The van der Waals surface area contributed by atoms with Crippen molar-refractivity contribution < 1.29 is 14.4 Å². The van der Waals surface area contributed by atoms with Gasteiger partial charge in [0.1, 0.15) is 0 Å². The van der Waals surface area contributed by atoms with Crippen LogP contribution in [0, 0.1) is 35.5 Å². The zero-order valence-electron chi connectivity index (χ0n) is 32.6.